The first-order chi connectivity index (χ1) is 7.31. The van der Waals surface area contributed by atoms with Crippen molar-refractivity contribution in [1.29, 1.82) is 0 Å². The lowest BCUT2D eigenvalue weighted by Crippen LogP contribution is -2.05. The topological polar surface area (TPSA) is 21.3 Å². The molecule has 0 fully saturated rings. The van der Waals surface area contributed by atoms with E-state index in [-0.39, 0.29) is 0 Å². The summed E-state index contributed by atoms with van der Waals surface area (Å²) >= 11 is 1.93. The number of para-hydroxylation sites is 1. The summed E-state index contributed by atoms with van der Waals surface area (Å²) in [5, 5.41) is 4.14. The second kappa shape index (κ2) is 4.79. The Labute approximate surface area is 95.4 Å². The molecule has 2 nitrogen and oxygen atoms in total. The standard InChI is InChI=1S/C12H17NOS/c1-3-14-10-5-4-6-11-12(10)13-8-7-9(2)15-11/h4-6,9,13H,3,7-8H2,1-2H3. The summed E-state index contributed by atoms with van der Waals surface area (Å²) in [5.41, 5.74) is 1.17. The third-order valence-electron chi connectivity index (χ3n) is 2.47. The van der Waals surface area contributed by atoms with E-state index in [9.17, 15) is 0 Å². The van der Waals surface area contributed by atoms with E-state index in [1.165, 1.54) is 17.0 Å². The van der Waals surface area contributed by atoms with Gasteiger partial charge in [0.2, 0.25) is 0 Å². The highest BCUT2D eigenvalue weighted by molar-refractivity contribution is 8.00. The minimum atomic E-state index is 0.677. The summed E-state index contributed by atoms with van der Waals surface area (Å²) in [6.45, 7) is 6.05. The van der Waals surface area contributed by atoms with Crippen molar-refractivity contribution in [1.82, 2.24) is 0 Å². The van der Waals surface area contributed by atoms with Gasteiger partial charge in [-0.25, -0.2) is 0 Å². The molecule has 1 atom stereocenters. The molecule has 1 unspecified atom stereocenters. The van der Waals surface area contributed by atoms with Gasteiger partial charge in [0.05, 0.1) is 12.3 Å². The highest BCUT2D eigenvalue weighted by atomic mass is 32.2. The van der Waals surface area contributed by atoms with Crippen LogP contribution >= 0.6 is 11.8 Å². The average molecular weight is 223 g/mol. The van der Waals surface area contributed by atoms with E-state index >= 15 is 0 Å². The quantitative estimate of drug-likeness (QED) is 0.830. The van der Waals surface area contributed by atoms with Gasteiger partial charge in [-0.3, -0.25) is 0 Å². The Morgan fingerprint density at radius 2 is 2.40 bits per heavy atom. The molecule has 1 aromatic rings. The number of anilines is 1. The van der Waals surface area contributed by atoms with E-state index < -0.39 is 0 Å². The van der Waals surface area contributed by atoms with E-state index in [0.717, 1.165) is 18.9 Å². The third-order valence-corrected chi connectivity index (χ3v) is 3.70. The minimum absolute atomic E-state index is 0.677. The van der Waals surface area contributed by atoms with Gasteiger partial charge in [0.15, 0.2) is 0 Å². The summed E-state index contributed by atoms with van der Waals surface area (Å²) in [4.78, 5) is 1.31. The Morgan fingerprint density at radius 3 is 3.20 bits per heavy atom. The average Bonchev–Trinajstić information content (AvgIpc) is 2.40. The molecule has 0 bridgehead atoms. The maximum atomic E-state index is 5.62. The van der Waals surface area contributed by atoms with Crippen molar-refractivity contribution in [3.8, 4) is 5.75 Å². The fourth-order valence-electron chi connectivity index (χ4n) is 1.74. The normalized spacial score (nSPS) is 20.0. The zero-order chi connectivity index (χ0) is 10.7. The van der Waals surface area contributed by atoms with Crippen molar-refractivity contribution in [3.63, 3.8) is 0 Å². The van der Waals surface area contributed by atoms with Gasteiger partial charge in [-0.2, -0.15) is 0 Å². The van der Waals surface area contributed by atoms with Gasteiger partial charge in [0.25, 0.3) is 0 Å². The van der Waals surface area contributed by atoms with E-state index in [1.54, 1.807) is 0 Å². The van der Waals surface area contributed by atoms with Crippen molar-refractivity contribution in [2.45, 2.75) is 30.4 Å². The van der Waals surface area contributed by atoms with Crippen LogP contribution in [-0.4, -0.2) is 18.4 Å². The van der Waals surface area contributed by atoms with E-state index in [4.69, 9.17) is 4.74 Å². The third kappa shape index (κ3) is 2.40. The van der Waals surface area contributed by atoms with Gasteiger partial charge in [-0.1, -0.05) is 13.0 Å². The molecular weight excluding hydrogens is 206 g/mol. The number of hydrogen-bond donors (Lipinski definition) is 1. The lowest BCUT2D eigenvalue weighted by atomic mass is 10.2. The molecule has 1 aromatic carbocycles. The molecule has 0 saturated heterocycles. The molecule has 0 spiro atoms. The molecule has 3 heteroatoms. The van der Waals surface area contributed by atoms with Crippen LogP contribution in [0, 0.1) is 0 Å². The first-order valence-corrected chi connectivity index (χ1v) is 6.35. The number of ether oxygens (including phenoxy) is 1. The van der Waals surface area contributed by atoms with Gasteiger partial charge in [0.1, 0.15) is 5.75 Å². The van der Waals surface area contributed by atoms with Crippen LogP contribution in [0.2, 0.25) is 0 Å². The Balaban J connectivity index is 2.32. The zero-order valence-electron chi connectivity index (χ0n) is 9.25. The molecule has 1 aliphatic rings. The largest absolute Gasteiger partial charge is 0.492 e. The fourth-order valence-corrected chi connectivity index (χ4v) is 2.85. The molecule has 0 aromatic heterocycles. The van der Waals surface area contributed by atoms with Crippen molar-refractivity contribution in [3.05, 3.63) is 18.2 Å². The summed E-state index contributed by atoms with van der Waals surface area (Å²) in [7, 11) is 0. The van der Waals surface area contributed by atoms with Crippen LogP contribution in [-0.2, 0) is 0 Å². The molecule has 2 rings (SSSR count). The highest BCUT2D eigenvalue weighted by Gasteiger charge is 2.16. The molecule has 0 radical (unpaired) electrons. The summed E-state index contributed by atoms with van der Waals surface area (Å²) in [6.07, 6.45) is 1.20. The Kier molecular flexibility index (Phi) is 3.41. The van der Waals surface area contributed by atoms with Gasteiger partial charge in [0, 0.05) is 16.7 Å². The van der Waals surface area contributed by atoms with Gasteiger partial charge >= 0.3 is 0 Å². The molecular formula is C12H17NOS. The SMILES string of the molecule is CCOc1cccc2c1NCCC(C)S2. The summed E-state index contributed by atoms with van der Waals surface area (Å²) in [5.74, 6) is 0.983. The molecule has 0 saturated carbocycles. The van der Waals surface area contributed by atoms with Gasteiger partial charge in [-0.05, 0) is 25.5 Å². The second-order valence-corrected chi connectivity index (χ2v) is 5.19. The van der Waals surface area contributed by atoms with Crippen LogP contribution in [0.1, 0.15) is 20.3 Å². The molecule has 1 heterocycles. The predicted molar refractivity (Wildman–Crippen MR) is 66.0 cm³/mol. The highest BCUT2D eigenvalue weighted by Crippen LogP contribution is 2.39. The zero-order valence-corrected chi connectivity index (χ0v) is 10.1. The molecule has 15 heavy (non-hydrogen) atoms. The van der Waals surface area contributed by atoms with Crippen LogP contribution in [0.25, 0.3) is 0 Å². The summed E-state index contributed by atoms with van der Waals surface area (Å²) in [6, 6.07) is 6.26. The maximum absolute atomic E-state index is 5.62. The first kappa shape index (κ1) is 10.7. The molecule has 82 valence electrons. The number of fused-ring (bicyclic) bond motifs is 1. The van der Waals surface area contributed by atoms with Crippen LogP contribution < -0.4 is 10.1 Å². The van der Waals surface area contributed by atoms with Crippen molar-refractivity contribution >= 4 is 17.4 Å². The predicted octanol–water partition coefficient (Wildman–Crippen LogP) is 3.38. The van der Waals surface area contributed by atoms with E-state index in [0.29, 0.717) is 5.25 Å². The Bertz CT molecular complexity index is 340. The molecule has 0 aliphatic carbocycles. The van der Waals surface area contributed by atoms with Gasteiger partial charge in [-0.15, -0.1) is 11.8 Å². The van der Waals surface area contributed by atoms with Crippen LogP contribution in [0.3, 0.4) is 0 Å². The smallest absolute Gasteiger partial charge is 0.143 e. The van der Waals surface area contributed by atoms with Crippen LogP contribution in [0.4, 0.5) is 5.69 Å². The number of thioether (sulfide) groups is 1. The summed E-state index contributed by atoms with van der Waals surface area (Å²) < 4.78 is 5.62. The molecule has 1 aliphatic heterocycles. The van der Waals surface area contributed by atoms with Crippen LogP contribution in [0.5, 0.6) is 5.75 Å². The monoisotopic (exact) mass is 223 g/mol. The number of rotatable bonds is 2. The lowest BCUT2D eigenvalue weighted by Gasteiger charge is -2.13. The van der Waals surface area contributed by atoms with E-state index in [2.05, 4.69) is 24.4 Å². The maximum Gasteiger partial charge on any atom is 0.143 e. The van der Waals surface area contributed by atoms with Crippen molar-refractivity contribution < 1.29 is 4.74 Å². The number of hydrogen-bond acceptors (Lipinski definition) is 3. The molecule has 1 N–H and O–H groups in total. The Hall–Kier alpha value is -0.830. The second-order valence-electron chi connectivity index (χ2n) is 3.71. The fraction of sp³-hybridized carbons (Fsp3) is 0.500. The number of nitrogens with one attached hydrogen (secondary N) is 1. The minimum Gasteiger partial charge on any atom is -0.492 e. The molecule has 0 amide bonds. The van der Waals surface area contributed by atoms with Crippen molar-refractivity contribution in [2.75, 3.05) is 18.5 Å². The Morgan fingerprint density at radius 1 is 1.53 bits per heavy atom. The van der Waals surface area contributed by atoms with Crippen molar-refractivity contribution in [2.24, 2.45) is 0 Å². The van der Waals surface area contributed by atoms with Gasteiger partial charge < -0.3 is 10.1 Å². The van der Waals surface area contributed by atoms with E-state index in [1.807, 2.05) is 24.8 Å². The van der Waals surface area contributed by atoms with Crippen LogP contribution in [0.15, 0.2) is 23.1 Å². The lowest BCUT2D eigenvalue weighted by molar-refractivity contribution is 0.341. The first-order valence-electron chi connectivity index (χ1n) is 5.47. The number of benzene rings is 1.